The summed E-state index contributed by atoms with van der Waals surface area (Å²) in [6.45, 7) is 4.17. The molecule has 0 bridgehead atoms. The minimum absolute atomic E-state index is 0.146. The van der Waals surface area contributed by atoms with E-state index in [1.165, 1.54) is 11.1 Å². The lowest BCUT2D eigenvalue weighted by Gasteiger charge is -2.40. The van der Waals surface area contributed by atoms with Crippen molar-refractivity contribution in [1.29, 1.82) is 0 Å². The van der Waals surface area contributed by atoms with E-state index in [2.05, 4.69) is 12.0 Å². The van der Waals surface area contributed by atoms with Crippen LogP contribution in [0.1, 0.15) is 18.0 Å². The van der Waals surface area contributed by atoms with Gasteiger partial charge in [-0.05, 0) is 11.6 Å². The van der Waals surface area contributed by atoms with Crippen LogP contribution in [0.5, 0.6) is 0 Å². The van der Waals surface area contributed by atoms with Crippen LogP contribution in [0.3, 0.4) is 0 Å². The third-order valence-corrected chi connectivity index (χ3v) is 4.07. The van der Waals surface area contributed by atoms with Gasteiger partial charge < -0.3 is 4.90 Å². The molecule has 2 heterocycles. The topological polar surface area (TPSA) is 69.7 Å². The van der Waals surface area contributed by atoms with Crippen molar-refractivity contribution >= 4 is 17.7 Å². The van der Waals surface area contributed by atoms with Gasteiger partial charge in [-0.1, -0.05) is 36.9 Å². The molecule has 1 aromatic carbocycles. The van der Waals surface area contributed by atoms with E-state index in [0.29, 0.717) is 13.1 Å². The molecule has 6 heteroatoms. The van der Waals surface area contributed by atoms with Crippen molar-refractivity contribution in [3.63, 3.8) is 0 Å². The molecule has 0 aliphatic carbocycles. The largest absolute Gasteiger partial charge is 0.337 e. The van der Waals surface area contributed by atoms with E-state index in [1.807, 2.05) is 30.3 Å². The van der Waals surface area contributed by atoms with Gasteiger partial charge in [-0.15, -0.1) is 0 Å². The molecule has 0 saturated carbocycles. The second kappa shape index (κ2) is 5.63. The number of nitrogens with zero attached hydrogens (tertiary/aromatic N) is 2. The molecule has 0 aromatic heterocycles. The monoisotopic (exact) mass is 299 g/mol. The van der Waals surface area contributed by atoms with Crippen LogP contribution in [-0.2, 0) is 14.4 Å². The molecule has 1 N–H and O–H groups in total. The van der Waals surface area contributed by atoms with Crippen molar-refractivity contribution in [3.8, 4) is 0 Å². The molecule has 2 saturated heterocycles. The van der Waals surface area contributed by atoms with Gasteiger partial charge in [0.2, 0.25) is 17.7 Å². The molecule has 3 amide bonds. The lowest BCUT2D eigenvalue weighted by molar-refractivity contribution is -0.150. The Hall–Kier alpha value is -2.63. The lowest BCUT2D eigenvalue weighted by atomic mass is 9.97. The first-order chi connectivity index (χ1) is 10.6. The maximum absolute atomic E-state index is 12.6. The zero-order chi connectivity index (χ0) is 15.7. The van der Waals surface area contributed by atoms with Gasteiger partial charge >= 0.3 is 0 Å². The van der Waals surface area contributed by atoms with Crippen LogP contribution >= 0.6 is 0 Å². The summed E-state index contributed by atoms with van der Waals surface area (Å²) in [4.78, 5) is 37.3. The zero-order valence-electron chi connectivity index (χ0n) is 12.1. The van der Waals surface area contributed by atoms with Gasteiger partial charge in [0.15, 0.2) is 0 Å². The number of nitrogens with one attached hydrogen (secondary N) is 1. The fourth-order valence-corrected chi connectivity index (χ4v) is 2.82. The van der Waals surface area contributed by atoms with E-state index in [1.54, 1.807) is 4.90 Å². The highest BCUT2D eigenvalue weighted by molar-refractivity contribution is 5.92. The van der Waals surface area contributed by atoms with Crippen LogP contribution < -0.4 is 5.43 Å². The molecule has 0 radical (unpaired) electrons. The normalized spacial score (nSPS) is 21.3. The third kappa shape index (κ3) is 2.47. The Bertz CT molecular complexity index is 623. The molecule has 1 aromatic rings. The standard InChI is InChI=1S/C16H17N3O3/c1-2-15(21)18-9-12(10-18)16(22)19-13(8-14(20)17-19)11-6-4-3-5-7-11/h2-7,12-13H,1,8-10H2,(H,17,20). The Balaban J connectivity index is 1.70. The number of amides is 3. The third-order valence-electron chi connectivity index (χ3n) is 4.07. The van der Waals surface area contributed by atoms with E-state index in [0.717, 1.165) is 5.56 Å². The van der Waals surface area contributed by atoms with Gasteiger partial charge in [-0.25, -0.2) is 5.01 Å². The predicted molar refractivity (Wildman–Crippen MR) is 79.1 cm³/mol. The Labute approximate surface area is 128 Å². The molecule has 1 atom stereocenters. The molecule has 2 fully saturated rings. The average Bonchev–Trinajstić information content (AvgIpc) is 2.88. The zero-order valence-corrected chi connectivity index (χ0v) is 12.1. The maximum atomic E-state index is 12.6. The Kier molecular flexibility index (Phi) is 3.66. The molecular weight excluding hydrogens is 282 g/mol. The molecule has 2 aliphatic heterocycles. The van der Waals surface area contributed by atoms with Crippen LogP contribution in [0.4, 0.5) is 0 Å². The number of hydrazine groups is 1. The summed E-state index contributed by atoms with van der Waals surface area (Å²) < 4.78 is 0. The second-order valence-corrected chi connectivity index (χ2v) is 5.52. The minimum Gasteiger partial charge on any atom is -0.337 e. The van der Waals surface area contributed by atoms with Crippen molar-refractivity contribution in [2.45, 2.75) is 12.5 Å². The number of carbonyl (C=O) groups is 3. The molecule has 114 valence electrons. The minimum atomic E-state index is -0.287. The van der Waals surface area contributed by atoms with E-state index in [-0.39, 0.29) is 36.1 Å². The number of hydrogen-bond acceptors (Lipinski definition) is 3. The highest BCUT2D eigenvalue weighted by Gasteiger charge is 2.42. The van der Waals surface area contributed by atoms with Gasteiger partial charge in [0.05, 0.1) is 18.4 Å². The summed E-state index contributed by atoms with van der Waals surface area (Å²) in [6, 6.07) is 9.18. The van der Waals surface area contributed by atoms with Gasteiger partial charge in [0, 0.05) is 13.1 Å². The van der Waals surface area contributed by atoms with Crippen molar-refractivity contribution in [2.24, 2.45) is 5.92 Å². The number of carbonyl (C=O) groups excluding carboxylic acids is 3. The number of hydrogen-bond donors (Lipinski definition) is 1. The van der Waals surface area contributed by atoms with E-state index < -0.39 is 0 Å². The van der Waals surface area contributed by atoms with Crippen LogP contribution in [-0.4, -0.2) is 40.7 Å². The Morgan fingerprint density at radius 1 is 1.23 bits per heavy atom. The van der Waals surface area contributed by atoms with Crippen molar-refractivity contribution in [1.82, 2.24) is 15.3 Å². The van der Waals surface area contributed by atoms with Crippen LogP contribution in [0, 0.1) is 5.92 Å². The van der Waals surface area contributed by atoms with E-state index in [9.17, 15) is 14.4 Å². The first-order valence-corrected chi connectivity index (χ1v) is 7.19. The second-order valence-electron chi connectivity index (χ2n) is 5.52. The molecule has 3 rings (SSSR count). The van der Waals surface area contributed by atoms with E-state index >= 15 is 0 Å². The number of benzene rings is 1. The first kappa shape index (κ1) is 14.3. The molecule has 6 nitrogen and oxygen atoms in total. The molecule has 0 spiro atoms. The Morgan fingerprint density at radius 3 is 2.55 bits per heavy atom. The van der Waals surface area contributed by atoms with Gasteiger partial charge in [0.25, 0.3) is 0 Å². The number of rotatable bonds is 3. The van der Waals surface area contributed by atoms with Gasteiger partial charge in [-0.2, -0.15) is 0 Å². The lowest BCUT2D eigenvalue weighted by Crippen LogP contribution is -2.57. The maximum Gasteiger partial charge on any atom is 0.248 e. The predicted octanol–water partition coefficient (Wildman–Crippen LogP) is 0.636. The fourth-order valence-electron chi connectivity index (χ4n) is 2.82. The molecule has 2 aliphatic rings. The molecular formula is C16H17N3O3. The van der Waals surface area contributed by atoms with Crippen LogP contribution in [0.25, 0.3) is 0 Å². The summed E-state index contributed by atoms with van der Waals surface area (Å²) in [7, 11) is 0. The van der Waals surface area contributed by atoms with E-state index in [4.69, 9.17) is 0 Å². The van der Waals surface area contributed by atoms with Crippen LogP contribution in [0.2, 0.25) is 0 Å². The smallest absolute Gasteiger partial charge is 0.248 e. The quantitative estimate of drug-likeness (QED) is 0.833. The SMILES string of the molecule is C=CC(=O)N1CC(C(=O)N2NC(=O)CC2c2ccccc2)C1. The summed E-state index contributed by atoms with van der Waals surface area (Å²) in [5.41, 5.74) is 3.55. The summed E-state index contributed by atoms with van der Waals surface area (Å²) in [5.74, 6) is -0.754. The van der Waals surface area contributed by atoms with Crippen LogP contribution in [0.15, 0.2) is 43.0 Å². The highest BCUT2D eigenvalue weighted by Crippen LogP contribution is 2.30. The summed E-state index contributed by atoms with van der Waals surface area (Å²) in [6.07, 6.45) is 1.50. The summed E-state index contributed by atoms with van der Waals surface area (Å²) >= 11 is 0. The first-order valence-electron chi connectivity index (χ1n) is 7.19. The van der Waals surface area contributed by atoms with Crippen molar-refractivity contribution in [3.05, 3.63) is 48.6 Å². The van der Waals surface area contributed by atoms with Crippen molar-refractivity contribution in [2.75, 3.05) is 13.1 Å². The Morgan fingerprint density at radius 2 is 1.91 bits per heavy atom. The number of likely N-dealkylation sites (tertiary alicyclic amines) is 1. The molecule has 22 heavy (non-hydrogen) atoms. The van der Waals surface area contributed by atoms with Crippen molar-refractivity contribution < 1.29 is 14.4 Å². The highest BCUT2D eigenvalue weighted by atomic mass is 16.2. The average molecular weight is 299 g/mol. The molecule has 1 unspecified atom stereocenters. The van der Waals surface area contributed by atoms with Gasteiger partial charge in [0.1, 0.15) is 0 Å². The van der Waals surface area contributed by atoms with Gasteiger partial charge in [-0.3, -0.25) is 19.8 Å². The summed E-state index contributed by atoms with van der Waals surface area (Å²) in [5, 5.41) is 1.41. The fraction of sp³-hybridized carbons (Fsp3) is 0.312.